The SMILES string of the molecule is Cn1ccnc1CN1CCC[C@]2(COCCN(c3cccc(F)c3)C2)C1. The summed E-state index contributed by atoms with van der Waals surface area (Å²) in [6.07, 6.45) is 6.16. The molecule has 26 heavy (non-hydrogen) atoms. The Hall–Kier alpha value is -1.92. The lowest BCUT2D eigenvalue weighted by molar-refractivity contribution is 0.00969. The third-order valence-corrected chi connectivity index (χ3v) is 5.64. The topological polar surface area (TPSA) is 33.5 Å². The van der Waals surface area contributed by atoms with Gasteiger partial charge in [0.1, 0.15) is 11.6 Å². The van der Waals surface area contributed by atoms with Gasteiger partial charge in [0.25, 0.3) is 0 Å². The van der Waals surface area contributed by atoms with Crippen molar-refractivity contribution in [3.05, 3.63) is 48.3 Å². The molecule has 1 atom stereocenters. The molecule has 1 aromatic carbocycles. The molecule has 0 N–H and O–H groups in total. The fourth-order valence-electron chi connectivity index (χ4n) is 4.33. The molecule has 3 heterocycles. The fourth-order valence-corrected chi connectivity index (χ4v) is 4.33. The molecule has 5 nitrogen and oxygen atoms in total. The first-order valence-electron chi connectivity index (χ1n) is 9.40. The minimum absolute atomic E-state index is 0.0895. The molecule has 0 bridgehead atoms. The number of nitrogens with zero attached hydrogens (tertiary/aromatic N) is 4. The van der Waals surface area contributed by atoms with Crippen LogP contribution >= 0.6 is 0 Å². The normalized spacial score (nSPS) is 24.8. The van der Waals surface area contributed by atoms with E-state index in [-0.39, 0.29) is 11.2 Å². The third-order valence-electron chi connectivity index (χ3n) is 5.64. The van der Waals surface area contributed by atoms with Gasteiger partial charge in [-0.05, 0) is 37.6 Å². The zero-order valence-corrected chi connectivity index (χ0v) is 15.4. The molecule has 2 aliphatic heterocycles. The van der Waals surface area contributed by atoms with Gasteiger partial charge in [0.05, 0.1) is 19.8 Å². The van der Waals surface area contributed by atoms with E-state index in [1.807, 2.05) is 25.5 Å². The summed E-state index contributed by atoms with van der Waals surface area (Å²) in [4.78, 5) is 9.25. The van der Waals surface area contributed by atoms with Gasteiger partial charge < -0.3 is 14.2 Å². The van der Waals surface area contributed by atoms with E-state index in [4.69, 9.17) is 4.74 Å². The number of likely N-dealkylation sites (tertiary alicyclic amines) is 1. The van der Waals surface area contributed by atoms with Gasteiger partial charge in [0, 0.05) is 50.2 Å². The Morgan fingerprint density at radius 3 is 3.00 bits per heavy atom. The van der Waals surface area contributed by atoms with E-state index < -0.39 is 0 Å². The van der Waals surface area contributed by atoms with Crippen LogP contribution in [0.5, 0.6) is 0 Å². The van der Waals surface area contributed by atoms with E-state index in [2.05, 4.69) is 19.4 Å². The van der Waals surface area contributed by atoms with E-state index in [9.17, 15) is 4.39 Å². The molecule has 140 valence electrons. The Balaban J connectivity index is 1.51. The standard InChI is InChI=1S/C20H27FN4O/c1-23-9-7-22-19(23)13-24-8-3-6-20(14-24)15-25(10-11-26-16-20)18-5-2-4-17(21)12-18/h2,4-5,7,9,12H,3,6,8,10-11,13-16H2,1H3/t20-/m0/s1. The summed E-state index contributed by atoms with van der Waals surface area (Å²) in [5, 5.41) is 0. The van der Waals surface area contributed by atoms with Crippen molar-refractivity contribution in [2.75, 3.05) is 44.3 Å². The maximum absolute atomic E-state index is 13.7. The molecule has 0 amide bonds. The van der Waals surface area contributed by atoms with Crippen LogP contribution in [0.25, 0.3) is 0 Å². The van der Waals surface area contributed by atoms with Crippen molar-refractivity contribution in [1.82, 2.24) is 14.5 Å². The van der Waals surface area contributed by atoms with Crippen molar-refractivity contribution in [1.29, 1.82) is 0 Å². The van der Waals surface area contributed by atoms with Crippen LogP contribution in [0.2, 0.25) is 0 Å². The van der Waals surface area contributed by atoms with Crippen molar-refractivity contribution < 1.29 is 9.13 Å². The van der Waals surface area contributed by atoms with E-state index in [0.29, 0.717) is 6.61 Å². The fraction of sp³-hybridized carbons (Fsp3) is 0.550. The highest BCUT2D eigenvalue weighted by Crippen LogP contribution is 2.35. The molecule has 6 heteroatoms. The van der Waals surface area contributed by atoms with E-state index >= 15 is 0 Å². The molecule has 2 fully saturated rings. The molecule has 0 saturated carbocycles. The molecule has 0 radical (unpaired) electrons. The summed E-state index contributed by atoms with van der Waals surface area (Å²) in [7, 11) is 2.04. The average Bonchev–Trinajstić information content (AvgIpc) is 2.91. The Morgan fingerprint density at radius 1 is 1.27 bits per heavy atom. The van der Waals surface area contributed by atoms with Gasteiger partial charge in [-0.25, -0.2) is 9.37 Å². The quantitative estimate of drug-likeness (QED) is 0.845. The molecular formula is C20H27FN4O. The molecule has 4 rings (SSSR count). The predicted molar refractivity (Wildman–Crippen MR) is 99.6 cm³/mol. The van der Waals surface area contributed by atoms with Crippen LogP contribution in [0.3, 0.4) is 0 Å². The first kappa shape index (κ1) is 17.5. The first-order chi connectivity index (χ1) is 12.6. The van der Waals surface area contributed by atoms with Crippen LogP contribution < -0.4 is 4.90 Å². The second-order valence-corrected chi connectivity index (χ2v) is 7.72. The first-order valence-corrected chi connectivity index (χ1v) is 9.40. The lowest BCUT2D eigenvalue weighted by atomic mass is 9.80. The minimum Gasteiger partial charge on any atom is -0.379 e. The van der Waals surface area contributed by atoms with Crippen LogP contribution in [0.15, 0.2) is 36.7 Å². The average molecular weight is 358 g/mol. The second-order valence-electron chi connectivity index (χ2n) is 7.72. The Morgan fingerprint density at radius 2 is 2.19 bits per heavy atom. The number of anilines is 1. The van der Waals surface area contributed by atoms with Crippen LogP contribution in [0.1, 0.15) is 18.7 Å². The summed E-state index contributed by atoms with van der Waals surface area (Å²) in [5.41, 5.74) is 1.04. The largest absolute Gasteiger partial charge is 0.379 e. The predicted octanol–water partition coefficient (Wildman–Crippen LogP) is 2.68. The third kappa shape index (κ3) is 3.76. The molecule has 2 aromatic rings. The van der Waals surface area contributed by atoms with E-state index in [1.165, 1.54) is 6.07 Å². The van der Waals surface area contributed by atoms with Gasteiger partial charge in [-0.2, -0.15) is 0 Å². The highest BCUT2D eigenvalue weighted by molar-refractivity contribution is 5.47. The lowest BCUT2D eigenvalue weighted by Gasteiger charge is -2.44. The number of aryl methyl sites for hydroxylation is 1. The summed E-state index contributed by atoms with van der Waals surface area (Å²) in [6.45, 7) is 6.14. The minimum atomic E-state index is -0.179. The van der Waals surface area contributed by atoms with Crippen molar-refractivity contribution in [2.45, 2.75) is 19.4 Å². The van der Waals surface area contributed by atoms with Gasteiger partial charge in [-0.15, -0.1) is 0 Å². The summed E-state index contributed by atoms with van der Waals surface area (Å²) >= 11 is 0. The van der Waals surface area contributed by atoms with Crippen molar-refractivity contribution >= 4 is 5.69 Å². The smallest absolute Gasteiger partial charge is 0.125 e. The van der Waals surface area contributed by atoms with Gasteiger partial charge in [-0.3, -0.25) is 4.90 Å². The summed E-state index contributed by atoms with van der Waals surface area (Å²) < 4.78 is 21.8. The Kier molecular flexibility index (Phi) is 4.96. The molecule has 2 saturated heterocycles. The van der Waals surface area contributed by atoms with E-state index in [1.54, 1.807) is 12.1 Å². The summed E-state index contributed by atoms with van der Waals surface area (Å²) in [5.74, 6) is 0.917. The monoisotopic (exact) mass is 358 g/mol. The second kappa shape index (κ2) is 7.37. The van der Waals surface area contributed by atoms with Crippen molar-refractivity contribution in [3.8, 4) is 0 Å². The van der Waals surface area contributed by atoms with Gasteiger partial charge >= 0.3 is 0 Å². The number of aromatic nitrogens is 2. The molecule has 0 unspecified atom stereocenters. The number of hydrogen-bond donors (Lipinski definition) is 0. The number of benzene rings is 1. The number of rotatable bonds is 3. The molecule has 1 aromatic heterocycles. The maximum atomic E-state index is 13.7. The maximum Gasteiger partial charge on any atom is 0.125 e. The van der Waals surface area contributed by atoms with Gasteiger partial charge in [0.2, 0.25) is 0 Å². The molecule has 0 aliphatic carbocycles. The van der Waals surface area contributed by atoms with Crippen LogP contribution in [-0.4, -0.2) is 53.8 Å². The Labute approximate surface area is 154 Å². The lowest BCUT2D eigenvalue weighted by Crippen LogP contribution is -2.50. The van der Waals surface area contributed by atoms with Crippen LogP contribution in [0.4, 0.5) is 10.1 Å². The van der Waals surface area contributed by atoms with Crippen LogP contribution in [-0.2, 0) is 18.3 Å². The molecule has 1 spiro atoms. The molecular weight excluding hydrogens is 331 g/mol. The number of ether oxygens (including phenoxy) is 1. The zero-order chi connectivity index (χ0) is 18.0. The van der Waals surface area contributed by atoms with Crippen molar-refractivity contribution in [3.63, 3.8) is 0 Å². The highest BCUT2D eigenvalue weighted by atomic mass is 19.1. The zero-order valence-electron chi connectivity index (χ0n) is 15.4. The van der Waals surface area contributed by atoms with Crippen molar-refractivity contribution in [2.24, 2.45) is 12.5 Å². The van der Waals surface area contributed by atoms with Gasteiger partial charge in [0.15, 0.2) is 0 Å². The number of piperidine rings is 1. The van der Waals surface area contributed by atoms with E-state index in [0.717, 1.165) is 63.7 Å². The van der Waals surface area contributed by atoms with Crippen LogP contribution in [0, 0.1) is 11.2 Å². The Bertz CT molecular complexity index is 749. The number of halogens is 1. The number of hydrogen-bond acceptors (Lipinski definition) is 4. The molecule has 2 aliphatic rings. The van der Waals surface area contributed by atoms with Gasteiger partial charge in [-0.1, -0.05) is 6.07 Å². The summed E-state index contributed by atoms with van der Waals surface area (Å²) in [6, 6.07) is 6.92. The highest BCUT2D eigenvalue weighted by Gasteiger charge is 2.39. The number of imidazole rings is 1.